The van der Waals surface area contributed by atoms with E-state index in [0.717, 1.165) is 22.4 Å². The van der Waals surface area contributed by atoms with Gasteiger partial charge >= 0.3 is 0 Å². The fourth-order valence-electron chi connectivity index (χ4n) is 2.10. The van der Waals surface area contributed by atoms with Gasteiger partial charge in [0, 0.05) is 23.0 Å². The van der Waals surface area contributed by atoms with Gasteiger partial charge < -0.3 is 5.73 Å². The van der Waals surface area contributed by atoms with Crippen LogP contribution in [0.1, 0.15) is 0 Å². The molecular weight excluding hydrogens is 405 g/mol. The Morgan fingerprint density at radius 3 is 2.75 bits per heavy atom. The first-order valence-corrected chi connectivity index (χ1v) is 8.22. The highest BCUT2D eigenvalue weighted by molar-refractivity contribution is 14.1. The van der Waals surface area contributed by atoms with Gasteiger partial charge in [0.2, 0.25) is 0 Å². The molecule has 0 aliphatic rings. The number of aryl methyl sites for hydroxylation is 1. The zero-order valence-corrected chi connectivity index (χ0v) is 14.3. The lowest BCUT2D eigenvalue weighted by Crippen LogP contribution is -1.97. The number of thiophene rings is 1. The number of nitrogens with two attached hydrogens (primary N) is 1. The smallest absolute Gasteiger partial charge is 0.129 e. The lowest BCUT2D eigenvalue weighted by molar-refractivity contribution is 0.782. The van der Waals surface area contributed by atoms with Crippen LogP contribution in [0.4, 0.5) is 5.82 Å². The molecule has 0 radical (unpaired) electrons. The van der Waals surface area contributed by atoms with Crippen molar-refractivity contribution < 1.29 is 0 Å². The van der Waals surface area contributed by atoms with Crippen LogP contribution in [0.15, 0.2) is 35.7 Å². The zero-order chi connectivity index (χ0) is 14.3. The number of aromatic nitrogens is 2. The van der Waals surface area contributed by atoms with Crippen LogP contribution in [0.5, 0.6) is 0 Å². The minimum atomic E-state index is 0.642. The molecule has 3 rings (SSSR count). The van der Waals surface area contributed by atoms with Crippen LogP contribution in [0.3, 0.4) is 0 Å². The molecule has 0 aliphatic heterocycles. The monoisotopic (exact) mass is 415 g/mol. The van der Waals surface area contributed by atoms with Crippen LogP contribution in [0, 0.1) is 2.88 Å². The maximum Gasteiger partial charge on any atom is 0.129 e. The molecule has 3 aromatic rings. The zero-order valence-electron chi connectivity index (χ0n) is 10.6. The maximum absolute atomic E-state index is 6.19. The Kier molecular flexibility index (Phi) is 3.74. The van der Waals surface area contributed by atoms with Crippen molar-refractivity contribution in [2.45, 2.75) is 0 Å². The third-order valence-corrected chi connectivity index (χ3v) is 5.07. The van der Waals surface area contributed by atoms with E-state index >= 15 is 0 Å². The SMILES string of the molecule is Cn1nc(-c2csc(I)c2)c(-c2cccc(Cl)c2)c1N. The fourth-order valence-corrected chi connectivity index (χ4v) is 3.62. The van der Waals surface area contributed by atoms with Gasteiger partial charge in [-0.05, 0) is 46.4 Å². The van der Waals surface area contributed by atoms with Gasteiger partial charge in [-0.15, -0.1) is 11.3 Å². The highest BCUT2D eigenvalue weighted by Gasteiger charge is 2.18. The molecule has 1 aromatic carbocycles. The molecule has 0 saturated heterocycles. The molecule has 3 nitrogen and oxygen atoms in total. The first kappa shape index (κ1) is 13.9. The van der Waals surface area contributed by atoms with E-state index in [1.807, 2.05) is 31.3 Å². The molecule has 0 atom stereocenters. The second-order valence-corrected chi connectivity index (χ2v) is 7.62. The third kappa shape index (κ3) is 2.45. The van der Waals surface area contributed by atoms with Crippen LogP contribution < -0.4 is 5.73 Å². The summed E-state index contributed by atoms with van der Waals surface area (Å²) in [6, 6.07) is 9.80. The van der Waals surface area contributed by atoms with E-state index < -0.39 is 0 Å². The summed E-state index contributed by atoms with van der Waals surface area (Å²) < 4.78 is 2.93. The minimum absolute atomic E-state index is 0.642. The highest BCUT2D eigenvalue weighted by Crippen LogP contribution is 2.38. The van der Waals surface area contributed by atoms with Crippen LogP contribution in [0.25, 0.3) is 22.4 Å². The number of halogens is 2. The molecule has 2 heterocycles. The van der Waals surface area contributed by atoms with Crippen molar-refractivity contribution in [2.24, 2.45) is 7.05 Å². The van der Waals surface area contributed by atoms with Gasteiger partial charge in [0.15, 0.2) is 0 Å². The van der Waals surface area contributed by atoms with Crippen molar-refractivity contribution >= 4 is 51.3 Å². The van der Waals surface area contributed by atoms with Crippen molar-refractivity contribution in [3.05, 3.63) is 43.6 Å². The molecule has 0 fully saturated rings. The van der Waals surface area contributed by atoms with Gasteiger partial charge in [0.05, 0.1) is 8.45 Å². The van der Waals surface area contributed by atoms with E-state index in [-0.39, 0.29) is 0 Å². The van der Waals surface area contributed by atoms with Gasteiger partial charge in [-0.2, -0.15) is 5.10 Å². The summed E-state index contributed by atoms with van der Waals surface area (Å²) >= 11 is 10.1. The van der Waals surface area contributed by atoms with Gasteiger partial charge in [-0.25, -0.2) is 0 Å². The predicted octanol–water partition coefficient (Wildman–Crippen LogP) is 4.66. The molecule has 0 bridgehead atoms. The average molecular weight is 416 g/mol. The standard InChI is InChI=1S/C14H11ClIN3S/c1-19-14(17)12(8-3-2-4-10(15)5-8)13(18-19)9-6-11(16)20-7-9/h2-7H,17H2,1H3. The molecular formula is C14H11ClIN3S. The van der Waals surface area contributed by atoms with E-state index in [1.165, 1.54) is 2.88 Å². The van der Waals surface area contributed by atoms with Crippen molar-refractivity contribution in [1.29, 1.82) is 0 Å². The second kappa shape index (κ2) is 5.38. The lowest BCUT2D eigenvalue weighted by Gasteiger charge is -2.03. The highest BCUT2D eigenvalue weighted by atomic mass is 127. The largest absolute Gasteiger partial charge is 0.383 e. The second-order valence-electron chi connectivity index (χ2n) is 4.38. The van der Waals surface area contributed by atoms with Crippen LogP contribution in [-0.2, 0) is 7.05 Å². The van der Waals surface area contributed by atoms with Gasteiger partial charge in [0.25, 0.3) is 0 Å². The number of hydrogen-bond donors (Lipinski definition) is 1. The minimum Gasteiger partial charge on any atom is -0.383 e. The third-order valence-electron chi connectivity index (χ3n) is 3.05. The predicted molar refractivity (Wildman–Crippen MR) is 94.1 cm³/mol. The normalized spacial score (nSPS) is 10.9. The summed E-state index contributed by atoms with van der Waals surface area (Å²) in [6.45, 7) is 0. The summed E-state index contributed by atoms with van der Waals surface area (Å²) in [4.78, 5) is 0. The molecule has 20 heavy (non-hydrogen) atoms. The Morgan fingerprint density at radius 1 is 1.30 bits per heavy atom. The first-order valence-electron chi connectivity index (χ1n) is 5.89. The Bertz CT molecular complexity index is 779. The molecule has 2 N–H and O–H groups in total. The molecule has 0 unspecified atom stereocenters. The van der Waals surface area contributed by atoms with Crippen LogP contribution >= 0.6 is 45.5 Å². The van der Waals surface area contributed by atoms with E-state index in [2.05, 4.69) is 39.1 Å². The van der Waals surface area contributed by atoms with Crippen molar-refractivity contribution in [3.63, 3.8) is 0 Å². The summed E-state index contributed by atoms with van der Waals surface area (Å²) in [5, 5.41) is 7.34. The lowest BCUT2D eigenvalue weighted by atomic mass is 10.0. The van der Waals surface area contributed by atoms with E-state index in [9.17, 15) is 0 Å². The Hall–Kier alpha value is -1.05. The van der Waals surface area contributed by atoms with Crippen molar-refractivity contribution in [1.82, 2.24) is 9.78 Å². The number of anilines is 1. The van der Waals surface area contributed by atoms with Gasteiger partial charge in [0.1, 0.15) is 11.5 Å². The van der Waals surface area contributed by atoms with Gasteiger partial charge in [-0.3, -0.25) is 4.68 Å². The quantitative estimate of drug-likeness (QED) is 0.619. The van der Waals surface area contributed by atoms with Crippen LogP contribution in [-0.4, -0.2) is 9.78 Å². The van der Waals surface area contributed by atoms with Crippen molar-refractivity contribution in [2.75, 3.05) is 5.73 Å². The first-order chi connectivity index (χ1) is 9.56. The van der Waals surface area contributed by atoms with E-state index in [1.54, 1.807) is 16.0 Å². The molecule has 0 spiro atoms. The molecule has 2 aromatic heterocycles. The Labute approximate surface area is 139 Å². The fraction of sp³-hybridized carbons (Fsp3) is 0.0714. The number of benzene rings is 1. The number of nitrogens with zero attached hydrogens (tertiary/aromatic N) is 2. The van der Waals surface area contributed by atoms with E-state index in [0.29, 0.717) is 10.8 Å². The Balaban J connectivity index is 2.24. The summed E-state index contributed by atoms with van der Waals surface area (Å²) in [7, 11) is 1.85. The van der Waals surface area contributed by atoms with Crippen molar-refractivity contribution in [3.8, 4) is 22.4 Å². The van der Waals surface area contributed by atoms with Crippen LogP contribution in [0.2, 0.25) is 5.02 Å². The summed E-state index contributed by atoms with van der Waals surface area (Å²) in [6.07, 6.45) is 0. The summed E-state index contributed by atoms with van der Waals surface area (Å²) in [5.41, 5.74) is 10.1. The summed E-state index contributed by atoms with van der Waals surface area (Å²) in [5.74, 6) is 0.642. The molecule has 0 amide bonds. The number of hydrogen-bond acceptors (Lipinski definition) is 3. The molecule has 0 saturated carbocycles. The van der Waals surface area contributed by atoms with E-state index in [4.69, 9.17) is 17.3 Å². The number of nitrogen functional groups attached to an aromatic ring is 1. The molecule has 6 heteroatoms. The average Bonchev–Trinajstić information content (AvgIpc) is 2.95. The van der Waals surface area contributed by atoms with Gasteiger partial charge in [-0.1, -0.05) is 23.7 Å². The molecule has 0 aliphatic carbocycles. The topological polar surface area (TPSA) is 43.8 Å². The molecule has 102 valence electrons. The Morgan fingerprint density at radius 2 is 2.10 bits per heavy atom. The number of rotatable bonds is 2. The maximum atomic E-state index is 6.19.